The molecule has 1 aromatic heterocycles. The summed E-state index contributed by atoms with van der Waals surface area (Å²) in [6, 6.07) is 7.00. The molecule has 2 aromatic rings. The molecule has 4 nitrogen and oxygen atoms in total. The molecule has 0 bridgehead atoms. The molecule has 0 radical (unpaired) electrons. The molecule has 0 aliphatic heterocycles. The second-order valence-electron chi connectivity index (χ2n) is 3.65. The first-order valence-electron chi connectivity index (χ1n) is 5.18. The number of rotatable bonds is 2. The second-order valence-corrected chi connectivity index (χ2v) is 3.65. The number of ether oxygens (including phenoxy) is 1. The predicted octanol–water partition coefficient (Wildman–Crippen LogP) is 2.24. The van der Waals surface area contributed by atoms with Gasteiger partial charge in [0.1, 0.15) is 0 Å². The van der Waals surface area contributed by atoms with E-state index in [1.165, 1.54) is 7.11 Å². The molecule has 0 atom stereocenters. The van der Waals surface area contributed by atoms with Gasteiger partial charge in [-0.05, 0) is 24.6 Å². The Bertz CT molecular complexity index is 518. The van der Waals surface area contributed by atoms with Crippen molar-refractivity contribution in [2.45, 2.75) is 6.92 Å². The first kappa shape index (κ1) is 11.3. The lowest BCUT2D eigenvalue weighted by molar-refractivity contribution is 0.0601. The van der Waals surface area contributed by atoms with Gasteiger partial charge in [-0.3, -0.25) is 0 Å². The van der Waals surface area contributed by atoms with Crippen molar-refractivity contribution in [2.24, 2.45) is 0 Å². The Hall–Kier alpha value is -2.23. The van der Waals surface area contributed by atoms with Gasteiger partial charge in [-0.15, -0.1) is 0 Å². The van der Waals surface area contributed by atoms with Crippen LogP contribution >= 0.6 is 0 Å². The Labute approximate surface area is 99.3 Å². The number of hydrogen-bond acceptors (Lipinski definition) is 4. The molecule has 1 aromatic carbocycles. The minimum Gasteiger partial charge on any atom is -0.465 e. The number of carbonyl (C=O) groups is 1. The molecule has 0 aliphatic rings. The fourth-order valence-corrected chi connectivity index (χ4v) is 1.41. The molecule has 1 heterocycles. The van der Waals surface area contributed by atoms with Crippen molar-refractivity contribution in [3.63, 3.8) is 0 Å². The SMILES string of the molecule is COC(=O)c1ccc(-c2ncc(C)cn2)cc1. The van der Waals surface area contributed by atoms with E-state index in [4.69, 9.17) is 0 Å². The van der Waals surface area contributed by atoms with Crippen LogP contribution in [0.3, 0.4) is 0 Å². The minimum atomic E-state index is -0.346. The largest absolute Gasteiger partial charge is 0.465 e. The summed E-state index contributed by atoms with van der Waals surface area (Å²) in [4.78, 5) is 19.7. The Morgan fingerprint density at radius 2 is 1.71 bits per heavy atom. The highest BCUT2D eigenvalue weighted by Crippen LogP contribution is 2.15. The minimum absolute atomic E-state index is 0.346. The molecule has 0 saturated heterocycles. The Morgan fingerprint density at radius 1 is 1.12 bits per heavy atom. The van der Waals surface area contributed by atoms with Gasteiger partial charge in [0.25, 0.3) is 0 Å². The zero-order valence-electron chi connectivity index (χ0n) is 9.68. The molecule has 0 aliphatic carbocycles. The Morgan fingerprint density at radius 3 is 2.24 bits per heavy atom. The van der Waals surface area contributed by atoms with Crippen LogP contribution in [0.5, 0.6) is 0 Å². The molecule has 0 saturated carbocycles. The van der Waals surface area contributed by atoms with Crippen LogP contribution in [0.1, 0.15) is 15.9 Å². The number of nitrogens with zero attached hydrogens (tertiary/aromatic N) is 2. The third kappa shape index (κ3) is 2.47. The van der Waals surface area contributed by atoms with Gasteiger partial charge >= 0.3 is 5.97 Å². The number of esters is 1. The number of carbonyl (C=O) groups excluding carboxylic acids is 1. The Kier molecular flexibility index (Phi) is 3.14. The first-order valence-corrected chi connectivity index (χ1v) is 5.18. The molecular formula is C13H12N2O2. The predicted molar refractivity (Wildman–Crippen MR) is 63.5 cm³/mol. The quantitative estimate of drug-likeness (QED) is 0.740. The van der Waals surface area contributed by atoms with E-state index in [1.807, 2.05) is 6.92 Å². The average Bonchev–Trinajstić information content (AvgIpc) is 2.39. The van der Waals surface area contributed by atoms with Gasteiger partial charge < -0.3 is 4.74 Å². The topological polar surface area (TPSA) is 52.1 Å². The molecule has 0 amide bonds. The van der Waals surface area contributed by atoms with Crippen LogP contribution in [0.2, 0.25) is 0 Å². The third-order valence-corrected chi connectivity index (χ3v) is 2.35. The first-order chi connectivity index (χ1) is 8.20. The van der Waals surface area contributed by atoms with Crippen molar-refractivity contribution in [1.82, 2.24) is 9.97 Å². The number of aromatic nitrogens is 2. The van der Waals surface area contributed by atoms with Gasteiger partial charge in [-0.25, -0.2) is 14.8 Å². The molecular weight excluding hydrogens is 216 g/mol. The van der Waals surface area contributed by atoms with Crippen molar-refractivity contribution in [2.75, 3.05) is 7.11 Å². The summed E-state index contributed by atoms with van der Waals surface area (Å²) in [6.45, 7) is 1.93. The zero-order valence-corrected chi connectivity index (χ0v) is 9.68. The number of benzene rings is 1. The smallest absolute Gasteiger partial charge is 0.337 e. The van der Waals surface area contributed by atoms with Crippen molar-refractivity contribution >= 4 is 5.97 Å². The summed E-state index contributed by atoms with van der Waals surface area (Å²) in [5, 5.41) is 0. The van der Waals surface area contributed by atoms with E-state index in [9.17, 15) is 4.79 Å². The summed E-state index contributed by atoms with van der Waals surface area (Å²) in [7, 11) is 1.36. The number of methoxy groups -OCH3 is 1. The standard InChI is InChI=1S/C13H12N2O2/c1-9-7-14-12(15-8-9)10-3-5-11(6-4-10)13(16)17-2/h3-8H,1-2H3. The highest BCUT2D eigenvalue weighted by molar-refractivity contribution is 5.89. The van der Waals surface area contributed by atoms with Crippen molar-refractivity contribution < 1.29 is 9.53 Å². The fourth-order valence-electron chi connectivity index (χ4n) is 1.41. The van der Waals surface area contributed by atoms with Crippen LogP contribution in [-0.4, -0.2) is 23.0 Å². The average molecular weight is 228 g/mol. The van der Waals surface area contributed by atoms with Crippen LogP contribution in [0, 0.1) is 6.92 Å². The summed E-state index contributed by atoms with van der Waals surface area (Å²) in [5.74, 6) is 0.299. The van der Waals surface area contributed by atoms with Gasteiger partial charge in [-0.2, -0.15) is 0 Å². The molecule has 0 fully saturated rings. The molecule has 2 rings (SSSR count). The van der Waals surface area contributed by atoms with Gasteiger partial charge in [0.05, 0.1) is 12.7 Å². The number of aryl methyl sites for hydroxylation is 1. The number of hydrogen-bond donors (Lipinski definition) is 0. The van der Waals surface area contributed by atoms with E-state index in [2.05, 4.69) is 14.7 Å². The van der Waals surface area contributed by atoms with Gasteiger partial charge in [0.2, 0.25) is 0 Å². The van der Waals surface area contributed by atoms with Crippen LogP contribution in [0.25, 0.3) is 11.4 Å². The van der Waals surface area contributed by atoms with E-state index < -0.39 is 0 Å². The highest BCUT2D eigenvalue weighted by Gasteiger charge is 2.06. The lowest BCUT2D eigenvalue weighted by Gasteiger charge is -2.02. The van der Waals surface area contributed by atoms with E-state index >= 15 is 0 Å². The Balaban J connectivity index is 2.29. The van der Waals surface area contributed by atoms with Gasteiger partial charge in [0.15, 0.2) is 5.82 Å². The van der Waals surface area contributed by atoms with Crippen LogP contribution < -0.4 is 0 Å². The third-order valence-electron chi connectivity index (χ3n) is 2.35. The maximum absolute atomic E-state index is 11.3. The van der Waals surface area contributed by atoms with Crippen molar-refractivity contribution in [3.8, 4) is 11.4 Å². The summed E-state index contributed by atoms with van der Waals surface area (Å²) < 4.78 is 4.63. The lowest BCUT2D eigenvalue weighted by Crippen LogP contribution is -2.00. The summed E-state index contributed by atoms with van der Waals surface area (Å²) >= 11 is 0. The van der Waals surface area contributed by atoms with Crippen molar-refractivity contribution in [1.29, 1.82) is 0 Å². The van der Waals surface area contributed by atoms with E-state index in [1.54, 1.807) is 36.7 Å². The normalized spacial score (nSPS) is 10.0. The van der Waals surface area contributed by atoms with E-state index in [-0.39, 0.29) is 5.97 Å². The second kappa shape index (κ2) is 4.74. The molecule has 0 N–H and O–H groups in total. The van der Waals surface area contributed by atoms with E-state index in [0.29, 0.717) is 11.4 Å². The lowest BCUT2D eigenvalue weighted by atomic mass is 10.1. The van der Waals surface area contributed by atoms with Crippen molar-refractivity contribution in [3.05, 3.63) is 47.8 Å². The van der Waals surface area contributed by atoms with Crippen LogP contribution in [-0.2, 0) is 4.74 Å². The summed E-state index contributed by atoms with van der Waals surface area (Å²) in [5.41, 5.74) is 2.40. The highest BCUT2D eigenvalue weighted by atomic mass is 16.5. The molecule has 0 unspecified atom stereocenters. The van der Waals surface area contributed by atoms with E-state index in [0.717, 1.165) is 11.1 Å². The maximum Gasteiger partial charge on any atom is 0.337 e. The monoisotopic (exact) mass is 228 g/mol. The van der Waals surface area contributed by atoms with Gasteiger partial charge in [-0.1, -0.05) is 12.1 Å². The molecule has 86 valence electrons. The summed E-state index contributed by atoms with van der Waals surface area (Å²) in [6.07, 6.45) is 3.52. The van der Waals surface area contributed by atoms with Gasteiger partial charge in [0, 0.05) is 18.0 Å². The molecule has 4 heteroatoms. The fraction of sp³-hybridized carbons (Fsp3) is 0.154. The van der Waals surface area contributed by atoms with Crippen LogP contribution in [0.4, 0.5) is 0 Å². The van der Waals surface area contributed by atoms with Crippen LogP contribution in [0.15, 0.2) is 36.7 Å². The molecule has 0 spiro atoms. The molecule has 17 heavy (non-hydrogen) atoms. The zero-order chi connectivity index (χ0) is 12.3. The maximum atomic E-state index is 11.3.